The first-order valence-corrected chi connectivity index (χ1v) is 7.43. The molecule has 2 N–H and O–H groups in total. The van der Waals surface area contributed by atoms with E-state index in [9.17, 15) is 9.59 Å². The Morgan fingerprint density at radius 3 is 2.57 bits per heavy atom. The van der Waals surface area contributed by atoms with Gasteiger partial charge in [-0.15, -0.1) is 0 Å². The number of carbonyl (C=O) groups excluding carboxylic acids is 2. The molecular formula is C16H14Cl2N2O3. The van der Waals surface area contributed by atoms with Gasteiger partial charge in [-0.1, -0.05) is 41.4 Å². The molecule has 0 bridgehead atoms. The van der Waals surface area contributed by atoms with Crippen LogP contribution in [0, 0.1) is 0 Å². The summed E-state index contributed by atoms with van der Waals surface area (Å²) < 4.78 is 5.09. The molecule has 2 aromatic carbocycles. The van der Waals surface area contributed by atoms with Crippen LogP contribution in [0.15, 0.2) is 42.5 Å². The number of hydrogen-bond donors (Lipinski definition) is 2. The summed E-state index contributed by atoms with van der Waals surface area (Å²) in [5.41, 5.74) is 1.09. The van der Waals surface area contributed by atoms with Crippen molar-refractivity contribution >= 4 is 40.7 Å². The van der Waals surface area contributed by atoms with Crippen LogP contribution in [-0.4, -0.2) is 18.9 Å². The summed E-state index contributed by atoms with van der Waals surface area (Å²) in [6, 6.07) is 11.9. The second kappa shape index (κ2) is 7.85. The molecule has 5 nitrogen and oxygen atoms in total. The lowest BCUT2D eigenvalue weighted by molar-refractivity contribution is -0.136. The molecule has 7 heteroatoms. The van der Waals surface area contributed by atoms with Gasteiger partial charge < -0.3 is 15.4 Å². The van der Waals surface area contributed by atoms with Crippen molar-refractivity contribution in [1.82, 2.24) is 5.32 Å². The molecule has 0 atom stereocenters. The van der Waals surface area contributed by atoms with E-state index in [0.29, 0.717) is 10.8 Å². The Bertz CT molecular complexity index is 735. The highest BCUT2D eigenvalue weighted by molar-refractivity contribution is 6.45. The van der Waals surface area contributed by atoms with Crippen LogP contribution in [0.1, 0.15) is 5.56 Å². The lowest BCUT2D eigenvalue weighted by Gasteiger charge is -2.09. The molecule has 0 fully saturated rings. The van der Waals surface area contributed by atoms with Crippen molar-refractivity contribution in [3.05, 3.63) is 58.1 Å². The molecule has 0 aromatic heterocycles. The Kier molecular flexibility index (Phi) is 5.84. The first-order valence-electron chi connectivity index (χ1n) is 6.67. The molecule has 0 radical (unpaired) electrons. The molecule has 23 heavy (non-hydrogen) atoms. The Balaban J connectivity index is 1.95. The summed E-state index contributed by atoms with van der Waals surface area (Å²) in [7, 11) is 1.56. The first-order chi connectivity index (χ1) is 11.0. The van der Waals surface area contributed by atoms with Crippen LogP contribution in [0.25, 0.3) is 0 Å². The zero-order chi connectivity index (χ0) is 16.8. The van der Waals surface area contributed by atoms with E-state index >= 15 is 0 Å². The van der Waals surface area contributed by atoms with Crippen LogP contribution in [0.3, 0.4) is 0 Å². The maximum atomic E-state index is 11.9. The van der Waals surface area contributed by atoms with Gasteiger partial charge in [-0.2, -0.15) is 0 Å². The third kappa shape index (κ3) is 4.61. The number of carbonyl (C=O) groups is 2. The maximum absolute atomic E-state index is 11.9. The summed E-state index contributed by atoms with van der Waals surface area (Å²) >= 11 is 11.8. The van der Waals surface area contributed by atoms with Crippen LogP contribution in [0.4, 0.5) is 5.69 Å². The Morgan fingerprint density at radius 1 is 1.09 bits per heavy atom. The third-order valence-corrected chi connectivity index (χ3v) is 3.81. The van der Waals surface area contributed by atoms with E-state index in [1.165, 1.54) is 0 Å². The van der Waals surface area contributed by atoms with Gasteiger partial charge in [-0.3, -0.25) is 9.59 Å². The van der Waals surface area contributed by atoms with Crippen molar-refractivity contribution < 1.29 is 14.3 Å². The molecule has 0 aliphatic carbocycles. The number of methoxy groups -OCH3 is 1. The van der Waals surface area contributed by atoms with Crippen molar-refractivity contribution in [3.8, 4) is 5.75 Å². The molecule has 120 valence electrons. The fraction of sp³-hybridized carbons (Fsp3) is 0.125. The van der Waals surface area contributed by atoms with Crippen LogP contribution >= 0.6 is 23.2 Å². The van der Waals surface area contributed by atoms with E-state index in [0.717, 1.165) is 5.56 Å². The monoisotopic (exact) mass is 352 g/mol. The van der Waals surface area contributed by atoms with Crippen LogP contribution in [-0.2, 0) is 16.1 Å². The second-order valence-electron chi connectivity index (χ2n) is 4.59. The summed E-state index contributed by atoms with van der Waals surface area (Å²) in [5, 5.41) is 5.42. The van der Waals surface area contributed by atoms with Crippen LogP contribution in [0.5, 0.6) is 5.75 Å². The minimum atomic E-state index is -0.822. The summed E-state index contributed by atoms with van der Waals surface area (Å²) in [5.74, 6) is -0.923. The lowest BCUT2D eigenvalue weighted by atomic mass is 10.2. The molecule has 0 unspecified atom stereocenters. The Hall–Kier alpha value is -2.24. The molecular weight excluding hydrogens is 339 g/mol. The molecule has 2 rings (SSSR count). The fourth-order valence-corrected chi connectivity index (χ4v) is 2.17. The van der Waals surface area contributed by atoms with Crippen LogP contribution < -0.4 is 15.4 Å². The molecule has 2 aromatic rings. The maximum Gasteiger partial charge on any atom is 0.313 e. The number of hydrogen-bond acceptors (Lipinski definition) is 3. The normalized spacial score (nSPS) is 10.0. The van der Waals surface area contributed by atoms with Gasteiger partial charge in [0.1, 0.15) is 5.75 Å². The van der Waals surface area contributed by atoms with E-state index in [4.69, 9.17) is 27.9 Å². The molecule has 0 spiro atoms. The van der Waals surface area contributed by atoms with Gasteiger partial charge in [-0.25, -0.2) is 0 Å². The van der Waals surface area contributed by atoms with Gasteiger partial charge in [0.2, 0.25) is 0 Å². The van der Waals surface area contributed by atoms with E-state index in [1.807, 2.05) is 6.07 Å². The third-order valence-electron chi connectivity index (χ3n) is 2.99. The minimum absolute atomic E-state index is 0.183. The SMILES string of the molecule is COc1cccc(CNC(=O)C(=O)Nc2cccc(Cl)c2Cl)c1. The van der Waals surface area contributed by atoms with Crippen molar-refractivity contribution in [1.29, 1.82) is 0 Å². The molecule has 0 heterocycles. The summed E-state index contributed by atoms with van der Waals surface area (Å²) in [4.78, 5) is 23.7. The number of nitrogens with one attached hydrogen (secondary N) is 2. The predicted octanol–water partition coefficient (Wildman–Crippen LogP) is 3.26. The number of halogens is 2. The van der Waals surface area contributed by atoms with Gasteiger partial charge in [-0.05, 0) is 29.8 Å². The topological polar surface area (TPSA) is 67.4 Å². The van der Waals surface area contributed by atoms with Gasteiger partial charge in [0.25, 0.3) is 0 Å². The minimum Gasteiger partial charge on any atom is -0.497 e. The number of anilines is 1. The molecule has 0 saturated heterocycles. The van der Waals surface area contributed by atoms with E-state index in [-0.39, 0.29) is 17.3 Å². The zero-order valence-electron chi connectivity index (χ0n) is 12.2. The average Bonchev–Trinajstić information content (AvgIpc) is 2.57. The number of rotatable bonds is 4. The Morgan fingerprint density at radius 2 is 1.83 bits per heavy atom. The number of amides is 2. The molecule has 2 amide bonds. The van der Waals surface area contributed by atoms with Crippen molar-refractivity contribution in [2.75, 3.05) is 12.4 Å². The summed E-state index contributed by atoms with van der Waals surface area (Å²) in [6.45, 7) is 0.201. The standard InChI is InChI=1S/C16H14Cl2N2O3/c1-23-11-5-2-4-10(8-11)9-19-15(21)16(22)20-13-7-3-6-12(17)14(13)18/h2-8H,9H2,1H3,(H,19,21)(H,20,22). The highest BCUT2D eigenvalue weighted by atomic mass is 35.5. The smallest absolute Gasteiger partial charge is 0.313 e. The van der Waals surface area contributed by atoms with E-state index in [1.54, 1.807) is 43.5 Å². The fourth-order valence-electron chi connectivity index (χ4n) is 1.82. The molecule has 0 aliphatic rings. The second-order valence-corrected chi connectivity index (χ2v) is 5.37. The van der Waals surface area contributed by atoms with Gasteiger partial charge in [0, 0.05) is 6.54 Å². The summed E-state index contributed by atoms with van der Waals surface area (Å²) in [6.07, 6.45) is 0. The average molecular weight is 353 g/mol. The first kappa shape index (κ1) is 17.1. The quantitative estimate of drug-likeness (QED) is 0.830. The van der Waals surface area contributed by atoms with E-state index < -0.39 is 11.8 Å². The lowest BCUT2D eigenvalue weighted by Crippen LogP contribution is -2.35. The highest BCUT2D eigenvalue weighted by Crippen LogP contribution is 2.29. The number of ether oxygens (including phenoxy) is 1. The van der Waals surface area contributed by atoms with E-state index in [2.05, 4.69) is 10.6 Å². The molecule has 0 aliphatic heterocycles. The van der Waals surface area contributed by atoms with Gasteiger partial charge in [0.05, 0.1) is 22.8 Å². The molecule has 0 saturated carbocycles. The van der Waals surface area contributed by atoms with Crippen molar-refractivity contribution in [2.45, 2.75) is 6.54 Å². The Labute approximate surface area is 143 Å². The van der Waals surface area contributed by atoms with Crippen molar-refractivity contribution in [3.63, 3.8) is 0 Å². The number of benzene rings is 2. The van der Waals surface area contributed by atoms with Gasteiger partial charge >= 0.3 is 11.8 Å². The van der Waals surface area contributed by atoms with Crippen LogP contribution in [0.2, 0.25) is 10.0 Å². The van der Waals surface area contributed by atoms with Crippen molar-refractivity contribution in [2.24, 2.45) is 0 Å². The van der Waals surface area contributed by atoms with Gasteiger partial charge in [0.15, 0.2) is 0 Å². The predicted molar refractivity (Wildman–Crippen MR) is 89.9 cm³/mol. The zero-order valence-corrected chi connectivity index (χ0v) is 13.7. The highest BCUT2D eigenvalue weighted by Gasteiger charge is 2.15. The largest absolute Gasteiger partial charge is 0.497 e.